The number of rotatable bonds is 5. The third-order valence-electron chi connectivity index (χ3n) is 2.22. The number of aryl methyl sites for hydroxylation is 1. The molecule has 0 aliphatic rings. The predicted molar refractivity (Wildman–Crippen MR) is 59.7 cm³/mol. The van der Waals surface area contributed by atoms with E-state index < -0.39 is 0 Å². The summed E-state index contributed by atoms with van der Waals surface area (Å²) in [6, 6.07) is 10.6. The summed E-state index contributed by atoms with van der Waals surface area (Å²) < 4.78 is 0. The second kappa shape index (κ2) is 5.99. The minimum Gasteiger partial charge on any atom is -0.198 e. The van der Waals surface area contributed by atoms with Crippen LogP contribution in [0.1, 0.15) is 30.4 Å². The van der Waals surface area contributed by atoms with E-state index in [-0.39, 0.29) is 0 Å². The molecule has 1 aromatic rings. The molecular weight excluding hydrogens is 170 g/mol. The van der Waals surface area contributed by atoms with Crippen LogP contribution in [0.15, 0.2) is 30.8 Å². The van der Waals surface area contributed by atoms with E-state index in [0.29, 0.717) is 6.42 Å². The summed E-state index contributed by atoms with van der Waals surface area (Å²) in [5, 5.41) is 8.37. The lowest BCUT2D eigenvalue weighted by Crippen LogP contribution is -1.85. The van der Waals surface area contributed by atoms with Gasteiger partial charge in [0.15, 0.2) is 0 Å². The fourth-order valence-electron chi connectivity index (χ4n) is 1.35. The molecule has 0 heterocycles. The molecule has 0 N–H and O–H groups in total. The SMILES string of the molecule is C=Cc1ccc(CCCCC#N)cc1. The fourth-order valence-corrected chi connectivity index (χ4v) is 1.35. The second-order valence-corrected chi connectivity index (χ2v) is 3.31. The van der Waals surface area contributed by atoms with Crippen molar-refractivity contribution in [3.63, 3.8) is 0 Å². The molecule has 0 bridgehead atoms. The van der Waals surface area contributed by atoms with Crippen molar-refractivity contribution in [2.45, 2.75) is 25.7 Å². The van der Waals surface area contributed by atoms with Crippen LogP contribution in [-0.2, 0) is 6.42 Å². The van der Waals surface area contributed by atoms with Crippen LogP contribution in [0.25, 0.3) is 6.08 Å². The molecule has 0 amide bonds. The molecule has 1 aromatic carbocycles. The van der Waals surface area contributed by atoms with Gasteiger partial charge in [-0.2, -0.15) is 5.26 Å². The molecule has 14 heavy (non-hydrogen) atoms. The van der Waals surface area contributed by atoms with Crippen LogP contribution in [0, 0.1) is 11.3 Å². The van der Waals surface area contributed by atoms with Crippen molar-refractivity contribution < 1.29 is 0 Å². The largest absolute Gasteiger partial charge is 0.198 e. The summed E-state index contributed by atoms with van der Waals surface area (Å²) in [7, 11) is 0. The molecule has 0 fully saturated rings. The van der Waals surface area contributed by atoms with Crippen molar-refractivity contribution in [2.24, 2.45) is 0 Å². The normalized spacial score (nSPS) is 9.36. The Kier molecular flexibility index (Phi) is 4.50. The molecule has 0 aromatic heterocycles. The first-order chi connectivity index (χ1) is 6.86. The number of benzene rings is 1. The van der Waals surface area contributed by atoms with Crippen LogP contribution in [0.2, 0.25) is 0 Å². The van der Waals surface area contributed by atoms with Gasteiger partial charge in [0.2, 0.25) is 0 Å². The second-order valence-electron chi connectivity index (χ2n) is 3.31. The maximum atomic E-state index is 8.37. The average Bonchev–Trinajstić information content (AvgIpc) is 2.25. The van der Waals surface area contributed by atoms with Crippen molar-refractivity contribution >= 4 is 6.08 Å². The van der Waals surface area contributed by atoms with E-state index in [1.807, 2.05) is 6.08 Å². The molecule has 0 saturated heterocycles. The topological polar surface area (TPSA) is 23.8 Å². The third-order valence-corrected chi connectivity index (χ3v) is 2.22. The fraction of sp³-hybridized carbons (Fsp3) is 0.308. The van der Waals surface area contributed by atoms with E-state index >= 15 is 0 Å². The molecule has 0 aliphatic heterocycles. The molecule has 0 radical (unpaired) electrons. The lowest BCUT2D eigenvalue weighted by Gasteiger charge is -2.00. The van der Waals surface area contributed by atoms with Crippen LogP contribution < -0.4 is 0 Å². The third kappa shape index (κ3) is 3.45. The molecule has 0 saturated carbocycles. The zero-order valence-corrected chi connectivity index (χ0v) is 8.37. The van der Waals surface area contributed by atoms with Crippen molar-refractivity contribution in [3.8, 4) is 6.07 Å². The van der Waals surface area contributed by atoms with Crippen LogP contribution in [-0.4, -0.2) is 0 Å². The summed E-state index contributed by atoms with van der Waals surface area (Å²) in [4.78, 5) is 0. The quantitative estimate of drug-likeness (QED) is 0.643. The van der Waals surface area contributed by atoms with Crippen LogP contribution in [0.3, 0.4) is 0 Å². The Hall–Kier alpha value is -1.55. The van der Waals surface area contributed by atoms with Gasteiger partial charge in [0.05, 0.1) is 6.07 Å². The molecule has 1 heteroatoms. The Bertz CT molecular complexity index is 316. The van der Waals surface area contributed by atoms with Crippen LogP contribution in [0.5, 0.6) is 0 Å². The van der Waals surface area contributed by atoms with Gasteiger partial charge < -0.3 is 0 Å². The highest BCUT2D eigenvalue weighted by atomic mass is 14.2. The van der Waals surface area contributed by atoms with Crippen LogP contribution >= 0.6 is 0 Å². The van der Waals surface area contributed by atoms with Gasteiger partial charge in [0, 0.05) is 6.42 Å². The lowest BCUT2D eigenvalue weighted by atomic mass is 10.1. The van der Waals surface area contributed by atoms with Gasteiger partial charge in [0.25, 0.3) is 0 Å². The van der Waals surface area contributed by atoms with Gasteiger partial charge in [0.1, 0.15) is 0 Å². The van der Waals surface area contributed by atoms with E-state index in [1.54, 1.807) is 0 Å². The van der Waals surface area contributed by atoms with Crippen molar-refractivity contribution in [1.82, 2.24) is 0 Å². The molecule has 72 valence electrons. The molecule has 0 aliphatic carbocycles. The monoisotopic (exact) mass is 185 g/mol. The minimum atomic E-state index is 0.671. The summed E-state index contributed by atoms with van der Waals surface area (Å²) in [5.74, 6) is 0. The number of unbranched alkanes of at least 4 members (excludes halogenated alkanes) is 2. The first-order valence-corrected chi connectivity index (χ1v) is 4.95. The summed E-state index contributed by atoms with van der Waals surface area (Å²) in [5.41, 5.74) is 2.50. The minimum absolute atomic E-state index is 0.671. The number of nitriles is 1. The van der Waals surface area contributed by atoms with Gasteiger partial charge in [-0.05, 0) is 30.4 Å². The van der Waals surface area contributed by atoms with Crippen molar-refractivity contribution in [2.75, 3.05) is 0 Å². The Balaban J connectivity index is 2.37. The molecule has 1 rings (SSSR count). The van der Waals surface area contributed by atoms with E-state index in [1.165, 1.54) is 5.56 Å². The molecular formula is C13H15N. The van der Waals surface area contributed by atoms with E-state index in [0.717, 1.165) is 24.8 Å². The first-order valence-electron chi connectivity index (χ1n) is 4.95. The standard InChI is InChI=1S/C13H15N/c1-2-12-7-9-13(10-8-12)6-4-3-5-11-14/h2,7-10H,1,3-6H2. The molecule has 1 nitrogen and oxygen atoms in total. The lowest BCUT2D eigenvalue weighted by molar-refractivity contribution is 0.753. The summed E-state index contributed by atoms with van der Waals surface area (Å²) >= 11 is 0. The van der Waals surface area contributed by atoms with Crippen molar-refractivity contribution in [1.29, 1.82) is 5.26 Å². The van der Waals surface area contributed by atoms with Gasteiger partial charge in [-0.3, -0.25) is 0 Å². The Morgan fingerprint density at radius 3 is 2.50 bits per heavy atom. The smallest absolute Gasteiger partial charge is 0.0621 e. The van der Waals surface area contributed by atoms with Gasteiger partial charge >= 0.3 is 0 Å². The van der Waals surface area contributed by atoms with Gasteiger partial charge in [-0.1, -0.05) is 36.9 Å². The zero-order valence-electron chi connectivity index (χ0n) is 8.37. The van der Waals surface area contributed by atoms with Gasteiger partial charge in [-0.15, -0.1) is 0 Å². The highest BCUT2D eigenvalue weighted by Crippen LogP contribution is 2.09. The number of hydrogen-bond acceptors (Lipinski definition) is 1. The number of hydrogen-bond donors (Lipinski definition) is 0. The first kappa shape index (κ1) is 10.5. The average molecular weight is 185 g/mol. The highest BCUT2D eigenvalue weighted by molar-refractivity contribution is 5.47. The maximum absolute atomic E-state index is 8.37. The maximum Gasteiger partial charge on any atom is 0.0621 e. The zero-order chi connectivity index (χ0) is 10.2. The molecule has 0 atom stereocenters. The van der Waals surface area contributed by atoms with E-state index in [2.05, 4.69) is 36.9 Å². The Morgan fingerprint density at radius 2 is 1.93 bits per heavy atom. The molecule has 0 spiro atoms. The van der Waals surface area contributed by atoms with E-state index in [4.69, 9.17) is 5.26 Å². The van der Waals surface area contributed by atoms with Gasteiger partial charge in [-0.25, -0.2) is 0 Å². The Morgan fingerprint density at radius 1 is 1.21 bits per heavy atom. The highest BCUT2D eigenvalue weighted by Gasteiger charge is 1.93. The number of nitrogens with zero attached hydrogens (tertiary/aromatic N) is 1. The van der Waals surface area contributed by atoms with E-state index in [9.17, 15) is 0 Å². The van der Waals surface area contributed by atoms with Crippen LogP contribution in [0.4, 0.5) is 0 Å². The summed E-state index contributed by atoms with van der Waals surface area (Å²) in [6.45, 7) is 3.71. The van der Waals surface area contributed by atoms with Crippen molar-refractivity contribution in [3.05, 3.63) is 42.0 Å². The molecule has 0 unspecified atom stereocenters. The predicted octanol–water partition coefficient (Wildman–Crippen LogP) is 3.57. The Labute approximate surface area is 85.7 Å². The summed E-state index contributed by atoms with van der Waals surface area (Å²) in [6.07, 6.45) is 5.68.